The fourth-order valence-electron chi connectivity index (χ4n) is 1.11. The van der Waals surface area contributed by atoms with Crippen molar-refractivity contribution in [3.8, 4) is 0 Å². The van der Waals surface area contributed by atoms with Crippen LogP contribution in [0.5, 0.6) is 0 Å². The van der Waals surface area contributed by atoms with Crippen molar-refractivity contribution in [2.45, 2.75) is 6.42 Å². The van der Waals surface area contributed by atoms with Crippen molar-refractivity contribution in [2.75, 3.05) is 0 Å². The third-order valence-electron chi connectivity index (χ3n) is 1.61. The minimum Gasteiger partial charge on any atom is -0.364 e. The van der Waals surface area contributed by atoms with Crippen molar-refractivity contribution >= 4 is 5.91 Å². The third-order valence-corrected chi connectivity index (χ3v) is 1.61. The Morgan fingerprint density at radius 1 is 1.92 bits per heavy atom. The molecule has 0 aliphatic heterocycles. The SMILES string of the molecule is C=CCc1cnn(C)c1C(N)=O. The maximum absolute atomic E-state index is 10.9. The van der Waals surface area contributed by atoms with E-state index in [2.05, 4.69) is 11.7 Å². The summed E-state index contributed by atoms with van der Waals surface area (Å²) in [4.78, 5) is 10.9. The lowest BCUT2D eigenvalue weighted by Crippen LogP contribution is -2.17. The summed E-state index contributed by atoms with van der Waals surface area (Å²) >= 11 is 0. The molecule has 4 nitrogen and oxygen atoms in total. The van der Waals surface area contributed by atoms with E-state index in [0.717, 1.165) is 5.56 Å². The molecular formula is C8H11N3O. The van der Waals surface area contributed by atoms with E-state index in [1.807, 2.05) is 0 Å². The minimum atomic E-state index is -0.452. The molecule has 0 atom stereocenters. The van der Waals surface area contributed by atoms with Gasteiger partial charge in [-0.15, -0.1) is 6.58 Å². The zero-order valence-corrected chi connectivity index (χ0v) is 6.95. The minimum absolute atomic E-state index is 0.452. The second kappa shape index (κ2) is 3.21. The van der Waals surface area contributed by atoms with E-state index < -0.39 is 5.91 Å². The van der Waals surface area contributed by atoms with Crippen molar-refractivity contribution in [2.24, 2.45) is 12.8 Å². The van der Waals surface area contributed by atoms with E-state index in [0.29, 0.717) is 12.1 Å². The number of carbonyl (C=O) groups excluding carboxylic acids is 1. The zero-order chi connectivity index (χ0) is 9.14. The summed E-state index contributed by atoms with van der Waals surface area (Å²) in [6.45, 7) is 3.58. The summed E-state index contributed by atoms with van der Waals surface area (Å²) in [5.74, 6) is -0.452. The largest absolute Gasteiger partial charge is 0.364 e. The molecule has 0 aromatic carbocycles. The molecule has 0 unspecified atom stereocenters. The predicted molar refractivity (Wildman–Crippen MR) is 45.6 cm³/mol. The molecule has 1 rings (SSSR count). The van der Waals surface area contributed by atoms with Crippen LogP contribution in [0.25, 0.3) is 0 Å². The first-order valence-electron chi connectivity index (χ1n) is 3.58. The summed E-state index contributed by atoms with van der Waals surface area (Å²) < 4.78 is 1.47. The molecule has 1 heterocycles. The number of hydrogen-bond acceptors (Lipinski definition) is 2. The van der Waals surface area contributed by atoms with Crippen molar-refractivity contribution in [3.63, 3.8) is 0 Å². The number of hydrogen-bond donors (Lipinski definition) is 1. The number of carbonyl (C=O) groups is 1. The highest BCUT2D eigenvalue weighted by Crippen LogP contribution is 2.07. The fraction of sp³-hybridized carbons (Fsp3) is 0.250. The van der Waals surface area contributed by atoms with Crippen LogP contribution in [0.1, 0.15) is 16.1 Å². The predicted octanol–water partition coefficient (Wildman–Crippen LogP) is 0.248. The van der Waals surface area contributed by atoms with Crippen molar-refractivity contribution in [1.82, 2.24) is 9.78 Å². The van der Waals surface area contributed by atoms with E-state index in [1.54, 1.807) is 19.3 Å². The lowest BCUT2D eigenvalue weighted by molar-refractivity contribution is 0.0990. The Hall–Kier alpha value is -1.58. The van der Waals surface area contributed by atoms with Crippen LogP contribution in [0.3, 0.4) is 0 Å². The van der Waals surface area contributed by atoms with Gasteiger partial charge in [-0.25, -0.2) is 0 Å². The lowest BCUT2D eigenvalue weighted by atomic mass is 10.2. The molecule has 1 aromatic rings. The Labute approximate surface area is 70.7 Å². The first-order chi connectivity index (χ1) is 5.66. The van der Waals surface area contributed by atoms with Crippen molar-refractivity contribution < 1.29 is 4.79 Å². The Morgan fingerprint density at radius 2 is 2.58 bits per heavy atom. The molecule has 12 heavy (non-hydrogen) atoms. The summed E-state index contributed by atoms with van der Waals surface area (Å²) in [7, 11) is 1.69. The van der Waals surface area contributed by atoms with Gasteiger partial charge in [-0.2, -0.15) is 5.10 Å². The smallest absolute Gasteiger partial charge is 0.267 e. The van der Waals surface area contributed by atoms with Gasteiger partial charge in [0.15, 0.2) is 0 Å². The van der Waals surface area contributed by atoms with Crippen molar-refractivity contribution in [1.29, 1.82) is 0 Å². The second-order valence-electron chi connectivity index (χ2n) is 2.50. The molecule has 0 aliphatic carbocycles. The lowest BCUT2D eigenvalue weighted by Gasteiger charge is -1.98. The maximum atomic E-state index is 10.9. The van der Waals surface area contributed by atoms with Gasteiger partial charge < -0.3 is 5.73 Å². The Kier molecular flexibility index (Phi) is 2.28. The van der Waals surface area contributed by atoms with Crippen molar-refractivity contribution in [3.05, 3.63) is 30.1 Å². The van der Waals surface area contributed by atoms with Crippen LogP contribution in [0.4, 0.5) is 0 Å². The number of aryl methyl sites for hydroxylation is 1. The highest BCUT2D eigenvalue weighted by Gasteiger charge is 2.11. The summed E-state index contributed by atoms with van der Waals surface area (Å²) in [5, 5.41) is 3.92. The molecule has 0 radical (unpaired) electrons. The van der Waals surface area contributed by atoms with Crippen LogP contribution in [0, 0.1) is 0 Å². The summed E-state index contributed by atoms with van der Waals surface area (Å²) in [6, 6.07) is 0. The number of aromatic nitrogens is 2. The monoisotopic (exact) mass is 165 g/mol. The molecule has 0 aliphatic rings. The van der Waals surface area contributed by atoms with Gasteiger partial charge >= 0.3 is 0 Å². The quantitative estimate of drug-likeness (QED) is 0.652. The molecule has 0 spiro atoms. The van der Waals surface area contributed by atoms with Crippen LogP contribution in [0.2, 0.25) is 0 Å². The van der Waals surface area contributed by atoms with E-state index in [9.17, 15) is 4.79 Å². The number of nitrogens with two attached hydrogens (primary N) is 1. The first kappa shape index (κ1) is 8.52. The summed E-state index contributed by atoms with van der Waals surface area (Å²) in [5.41, 5.74) is 6.43. The number of rotatable bonds is 3. The molecule has 1 amide bonds. The maximum Gasteiger partial charge on any atom is 0.267 e. The zero-order valence-electron chi connectivity index (χ0n) is 6.95. The van der Waals surface area contributed by atoms with Gasteiger partial charge in [0.1, 0.15) is 5.69 Å². The molecule has 0 fully saturated rings. The molecule has 1 aromatic heterocycles. The molecule has 4 heteroatoms. The highest BCUT2D eigenvalue weighted by atomic mass is 16.1. The van der Waals surface area contributed by atoms with Gasteiger partial charge in [0, 0.05) is 12.6 Å². The second-order valence-corrected chi connectivity index (χ2v) is 2.50. The molecule has 2 N–H and O–H groups in total. The Balaban J connectivity index is 3.11. The van der Waals surface area contributed by atoms with Crippen LogP contribution in [0.15, 0.2) is 18.9 Å². The molecule has 64 valence electrons. The summed E-state index contributed by atoms with van der Waals surface area (Å²) in [6.07, 6.45) is 3.96. The van der Waals surface area contributed by atoms with Gasteiger partial charge in [0.25, 0.3) is 5.91 Å². The van der Waals surface area contributed by atoms with E-state index in [1.165, 1.54) is 4.68 Å². The topological polar surface area (TPSA) is 60.9 Å². The average molecular weight is 165 g/mol. The number of amides is 1. The molecule has 0 bridgehead atoms. The van der Waals surface area contributed by atoms with E-state index >= 15 is 0 Å². The van der Waals surface area contributed by atoms with Gasteiger partial charge in [-0.05, 0) is 6.42 Å². The van der Waals surface area contributed by atoms with Gasteiger partial charge in [-0.3, -0.25) is 9.48 Å². The molecule has 0 saturated carbocycles. The average Bonchev–Trinajstić information content (AvgIpc) is 2.32. The number of allylic oxidation sites excluding steroid dienone is 1. The Bertz CT molecular complexity index is 314. The Morgan fingerprint density at radius 3 is 3.08 bits per heavy atom. The van der Waals surface area contributed by atoms with Crippen LogP contribution in [-0.2, 0) is 13.5 Å². The van der Waals surface area contributed by atoms with E-state index in [-0.39, 0.29) is 0 Å². The number of primary amides is 1. The van der Waals surface area contributed by atoms with Crippen LogP contribution >= 0.6 is 0 Å². The van der Waals surface area contributed by atoms with Gasteiger partial charge in [0.2, 0.25) is 0 Å². The standard InChI is InChI=1S/C8H11N3O/c1-3-4-6-5-10-11(2)7(6)8(9)12/h3,5H,1,4H2,2H3,(H2,9,12). The molecule has 0 saturated heterocycles. The third kappa shape index (κ3) is 1.37. The van der Waals surface area contributed by atoms with Crippen LogP contribution < -0.4 is 5.73 Å². The fourth-order valence-corrected chi connectivity index (χ4v) is 1.11. The number of nitrogens with zero attached hydrogens (tertiary/aromatic N) is 2. The van der Waals surface area contributed by atoms with E-state index in [4.69, 9.17) is 5.73 Å². The molecular weight excluding hydrogens is 154 g/mol. The van der Waals surface area contributed by atoms with Gasteiger partial charge in [-0.1, -0.05) is 6.08 Å². The van der Waals surface area contributed by atoms with Crippen LogP contribution in [-0.4, -0.2) is 15.7 Å². The van der Waals surface area contributed by atoms with Gasteiger partial charge in [0.05, 0.1) is 6.20 Å². The first-order valence-corrected chi connectivity index (χ1v) is 3.58. The normalized spacial score (nSPS) is 9.75. The highest BCUT2D eigenvalue weighted by molar-refractivity contribution is 5.92.